The van der Waals surface area contributed by atoms with E-state index in [-0.39, 0.29) is 29.3 Å². The lowest BCUT2D eigenvalue weighted by atomic mass is 10.0. The highest BCUT2D eigenvalue weighted by atomic mass is 32.1. The average molecular weight is 312 g/mol. The van der Waals surface area contributed by atoms with Crippen LogP contribution in [-0.4, -0.2) is 34.7 Å². The zero-order valence-corrected chi connectivity index (χ0v) is 13.6. The number of carbonyl (C=O) groups excluding carboxylic acids is 1. The molecule has 0 radical (unpaired) electrons. The smallest absolute Gasteiger partial charge is 0.265 e. The van der Waals surface area contributed by atoms with Crippen molar-refractivity contribution >= 4 is 28.2 Å². The summed E-state index contributed by atoms with van der Waals surface area (Å²) in [4.78, 5) is 16.9. The second-order valence-corrected chi connectivity index (χ2v) is 7.76. The van der Waals surface area contributed by atoms with Crippen LogP contribution in [0.2, 0.25) is 0 Å². The second-order valence-electron chi connectivity index (χ2n) is 6.76. The Morgan fingerprint density at radius 2 is 2.14 bits per heavy atom. The number of nitrogens with two attached hydrogens (primary N) is 1. The number of aliphatic hydroxyl groups excluding tert-OH is 1. The van der Waals surface area contributed by atoms with Crippen LogP contribution >= 0.6 is 11.3 Å². The number of aromatic nitrogens is 1. The molecular weight excluding hydrogens is 288 g/mol. The predicted molar refractivity (Wildman–Crippen MR) is 85.6 cm³/mol. The zero-order valence-electron chi connectivity index (χ0n) is 12.8. The first kappa shape index (κ1) is 16.0. The van der Waals surface area contributed by atoms with E-state index >= 15 is 0 Å². The number of thiazole rings is 1. The minimum Gasteiger partial charge on any atom is -0.396 e. The van der Waals surface area contributed by atoms with Crippen LogP contribution in [0.5, 0.6) is 0 Å². The lowest BCUT2D eigenvalue weighted by Crippen LogP contribution is -2.30. The molecule has 1 aliphatic carbocycles. The fourth-order valence-electron chi connectivity index (χ4n) is 2.15. The highest BCUT2D eigenvalue weighted by Crippen LogP contribution is 2.48. The molecule has 1 saturated carbocycles. The summed E-state index contributed by atoms with van der Waals surface area (Å²) in [6.45, 7) is 6.83. The molecule has 0 spiro atoms. The van der Waals surface area contributed by atoms with Gasteiger partial charge < -0.3 is 21.5 Å². The monoisotopic (exact) mass is 312 g/mol. The molecule has 0 bridgehead atoms. The lowest BCUT2D eigenvalue weighted by molar-refractivity contribution is 0.0945. The van der Waals surface area contributed by atoms with Gasteiger partial charge in [0.15, 0.2) is 5.13 Å². The average Bonchev–Trinajstić information content (AvgIpc) is 3.02. The van der Waals surface area contributed by atoms with Gasteiger partial charge >= 0.3 is 0 Å². The Balaban J connectivity index is 1.96. The normalized spacial score (nSPS) is 16.6. The van der Waals surface area contributed by atoms with Crippen LogP contribution in [0.25, 0.3) is 0 Å². The van der Waals surface area contributed by atoms with Gasteiger partial charge in [-0.3, -0.25) is 4.79 Å². The number of nitrogens with zero attached hydrogens (tertiary/aromatic N) is 1. The van der Waals surface area contributed by atoms with Crippen molar-refractivity contribution in [3.05, 3.63) is 4.88 Å². The zero-order chi connectivity index (χ0) is 15.7. The van der Waals surface area contributed by atoms with Gasteiger partial charge in [0.1, 0.15) is 10.7 Å². The van der Waals surface area contributed by atoms with Crippen molar-refractivity contribution < 1.29 is 9.90 Å². The molecular formula is C14H24N4O2S. The van der Waals surface area contributed by atoms with Crippen LogP contribution < -0.4 is 16.4 Å². The molecule has 5 N–H and O–H groups in total. The van der Waals surface area contributed by atoms with Crippen LogP contribution in [0.1, 0.15) is 49.7 Å². The van der Waals surface area contributed by atoms with Crippen molar-refractivity contribution in [2.45, 2.75) is 45.6 Å². The van der Waals surface area contributed by atoms with Crippen molar-refractivity contribution in [2.75, 3.05) is 24.2 Å². The molecule has 1 aromatic rings. The van der Waals surface area contributed by atoms with Gasteiger partial charge in [0, 0.05) is 18.7 Å². The summed E-state index contributed by atoms with van der Waals surface area (Å²) in [6.07, 6.45) is 2.86. The Morgan fingerprint density at radius 3 is 2.67 bits per heavy atom. The number of anilines is 2. The maximum absolute atomic E-state index is 12.2. The van der Waals surface area contributed by atoms with Crippen LogP contribution in [-0.2, 0) is 0 Å². The van der Waals surface area contributed by atoms with Gasteiger partial charge in [0.05, 0.1) is 0 Å². The summed E-state index contributed by atoms with van der Waals surface area (Å²) in [5, 5.41) is 15.8. The minimum absolute atomic E-state index is 0.0936. The van der Waals surface area contributed by atoms with Crippen molar-refractivity contribution in [3.8, 4) is 0 Å². The predicted octanol–water partition coefficient (Wildman–Crippen LogP) is 1.83. The Hall–Kier alpha value is -1.34. The highest BCUT2D eigenvalue weighted by Gasteiger charge is 2.42. The minimum atomic E-state index is -0.184. The molecule has 1 aromatic heterocycles. The van der Waals surface area contributed by atoms with Gasteiger partial charge in [-0.1, -0.05) is 11.3 Å². The van der Waals surface area contributed by atoms with Crippen LogP contribution in [0.3, 0.4) is 0 Å². The van der Waals surface area contributed by atoms with E-state index in [4.69, 9.17) is 10.8 Å². The molecule has 6 nitrogen and oxygen atoms in total. The summed E-state index contributed by atoms with van der Waals surface area (Å²) in [7, 11) is 0. The van der Waals surface area contributed by atoms with Crippen LogP contribution in [0, 0.1) is 5.41 Å². The van der Waals surface area contributed by atoms with Gasteiger partial charge in [0.25, 0.3) is 5.91 Å². The number of rotatable bonds is 6. The first-order valence-corrected chi connectivity index (χ1v) is 8.00. The number of carbonyl (C=O) groups is 1. The summed E-state index contributed by atoms with van der Waals surface area (Å²) in [5.74, 6) is 0.0763. The fraction of sp³-hybridized carbons (Fsp3) is 0.714. The van der Waals surface area contributed by atoms with E-state index in [1.807, 2.05) is 20.8 Å². The first-order valence-electron chi connectivity index (χ1n) is 7.18. The Morgan fingerprint density at radius 1 is 1.48 bits per heavy atom. The van der Waals surface area contributed by atoms with E-state index in [0.717, 1.165) is 19.3 Å². The second kappa shape index (κ2) is 5.81. The van der Waals surface area contributed by atoms with E-state index in [2.05, 4.69) is 15.6 Å². The van der Waals surface area contributed by atoms with Gasteiger partial charge in [-0.05, 0) is 45.4 Å². The number of amides is 1. The largest absolute Gasteiger partial charge is 0.396 e. The van der Waals surface area contributed by atoms with E-state index in [1.165, 1.54) is 11.3 Å². The molecule has 0 aromatic carbocycles. The number of hydrogen-bond acceptors (Lipinski definition) is 6. The molecule has 0 unspecified atom stereocenters. The van der Waals surface area contributed by atoms with E-state index in [9.17, 15) is 4.79 Å². The summed E-state index contributed by atoms with van der Waals surface area (Å²) in [5.41, 5.74) is 5.80. The van der Waals surface area contributed by atoms with Crippen LogP contribution in [0.15, 0.2) is 0 Å². The topological polar surface area (TPSA) is 100 Å². The molecule has 0 saturated heterocycles. The fourth-order valence-corrected chi connectivity index (χ4v) is 3.16. The van der Waals surface area contributed by atoms with E-state index in [0.29, 0.717) is 16.6 Å². The van der Waals surface area contributed by atoms with Gasteiger partial charge in [-0.2, -0.15) is 0 Å². The number of aliphatic hydroxyl groups is 1. The molecule has 1 heterocycles. The third-order valence-corrected chi connectivity index (χ3v) is 4.55. The summed E-state index contributed by atoms with van der Waals surface area (Å²) >= 11 is 1.27. The third-order valence-electron chi connectivity index (χ3n) is 3.56. The van der Waals surface area contributed by atoms with Crippen molar-refractivity contribution in [1.29, 1.82) is 0 Å². The van der Waals surface area contributed by atoms with Crippen LogP contribution in [0.4, 0.5) is 10.9 Å². The summed E-state index contributed by atoms with van der Waals surface area (Å²) < 4.78 is 0. The standard InChI is InChI=1S/C14H24N4O2S/c1-13(2,3)18-12-17-10(15)9(21-12)11(20)16-8-14(4-5-14)6-7-19/h19H,4-8,15H2,1-3H3,(H,16,20)(H,17,18). The van der Waals surface area contributed by atoms with Crippen molar-refractivity contribution in [1.82, 2.24) is 10.3 Å². The van der Waals surface area contributed by atoms with E-state index < -0.39 is 0 Å². The van der Waals surface area contributed by atoms with Gasteiger partial charge in [0.2, 0.25) is 0 Å². The lowest BCUT2D eigenvalue weighted by Gasteiger charge is -2.19. The highest BCUT2D eigenvalue weighted by molar-refractivity contribution is 7.18. The van der Waals surface area contributed by atoms with Crippen molar-refractivity contribution in [3.63, 3.8) is 0 Å². The number of nitrogens with one attached hydrogen (secondary N) is 2. The maximum Gasteiger partial charge on any atom is 0.265 e. The Labute approximate surface area is 129 Å². The molecule has 7 heteroatoms. The molecule has 2 rings (SSSR count). The van der Waals surface area contributed by atoms with Gasteiger partial charge in [-0.25, -0.2) is 4.98 Å². The molecule has 0 aliphatic heterocycles. The molecule has 21 heavy (non-hydrogen) atoms. The third kappa shape index (κ3) is 4.31. The number of nitrogen functional groups attached to an aromatic ring is 1. The van der Waals surface area contributed by atoms with Crippen molar-refractivity contribution in [2.24, 2.45) is 5.41 Å². The first-order chi connectivity index (χ1) is 9.75. The molecule has 1 fully saturated rings. The maximum atomic E-state index is 12.2. The quantitative estimate of drug-likeness (QED) is 0.642. The molecule has 1 aliphatic rings. The Bertz CT molecular complexity index is 518. The van der Waals surface area contributed by atoms with Gasteiger partial charge in [-0.15, -0.1) is 0 Å². The molecule has 0 atom stereocenters. The molecule has 118 valence electrons. The SMILES string of the molecule is CC(C)(C)Nc1nc(N)c(C(=O)NCC2(CCO)CC2)s1. The molecule has 1 amide bonds. The summed E-state index contributed by atoms with van der Waals surface area (Å²) in [6, 6.07) is 0. The Kier molecular flexibility index (Phi) is 4.43. The number of hydrogen-bond donors (Lipinski definition) is 4. The van der Waals surface area contributed by atoms with E-state index in [1.54, 1.807) is 0 Å².